The maximum atomic E-state index is 12.1. The van der Waals surface area contributed by atoms with E-state index in [1.165, 1.54) is 0 Å². The molecule has 0 radical (unpaired) electrons. The molecule has 1 fully saturated rings. The fourth-order valence-electron chi connectivity index (χ4n) is 2.79. The highest BCUT2D eigenvalue weighted by molar-refractivity contribution is 7.85. The molecular formula is C15H26N4O2S. The molecule has 7 heteroatoms. The van der Waals surface area contributed by atoms with Crippen LogP contribution in [-0.4, -0.2) is 37.1 Å². The lowest BCUT2D eigenvalue weighted by molar-refractivity contribution is 0.244. The number of amides is 2. The Labute approximate surface area is 134 Å². The molecule has 0 saturated heterocycles. The summed E-state index contributed by atoms with van der Waals surface area (Å²) >= 11 is 0. The first kappa shape index (κ1) is 17.0. The molecule has 124 valence electrons. The predicted octanol–water partition coefficient (Wildman–Crippen LogP) is 2.67. The standard InChI is InChI=1S/C15H26N4O2S/c1-4-22(21)14-7-5-6-12(8-14)17-15(20)18-13-9-16-19(10-13)11(2)3/h9-12,14H,4-8H2,1-3H3,(H2,17,18,20)/t12-,14-,22+/m1/s1. The minimum Gasteiger partial charge on any atom is -0.335 e. The molecule has 1 saturated carbocycles. The number of hydrogen-bond donors (Lipinski definition) is 2. The Kier molecular flexibility index (Phi) is 5.99. The van der Waals surface area contributed by atoms with Gasteiger partial charge < -0.3 is 10.6 Å². The molecule has 0 aliphatic heterocycles. The van der Waals surface area contributed by atoms with E-state index in [2.05, 4.69) is 15.7 Å². The highest BCUT2D eigenvalue weighted by atomic mass is 32.2. The van der Waals surface area contributed by atoms with Gasteiger partial charge in [-0.3, -0.25) is 8.89 Å². The lowest BCUT2D eigenvalue weighted by Crippen LogP contribution is -2.42. The van der Waals surface area contributed by atoms with E-state index in [0.717, 1.165) is 25.7 Å². The zero-order valence-corrected chi connectivity index (χ0v) is 14.4. The molecule has 0 bridgehead atoms. The third-order valence-electron chi connectivity index (χ3n) is 4.01. The van der Waals surface area contributed by atoms with Crippen molar-refractivity contribution in [2.45, 2.75) is 63.8 Å². The Morgan fingerprint density at radius 3 is 2.91 bits per heavy atom. The van der Waals surface area contributed by atoms with Gasteiger partial charge in [0.2, 0.25) is 0 Å². The fraction of sp³-hybridized carbons (Fsp3) is 0.733. The van der Waals surface area contributed by atoms with Crippen molar-refractivity contribution in [3.05, 3.63) is 12.4 Å². The molecule has 1 heterocycles. The first-order chi connectivity index (χ1) is 10.5. The van der Waals surface area contributed by atoms with Gasteiger partial charge in [-0.1, -0.05) is 13.3 Å². The second kappa shape index (κ2) is 7.76. The largest absolute Gasteiger partial charge is 0.335 e. The summed E-state index contributed by atoms with van der Waals surface area (Å²) < 4.78 is 13.7. The van der Waals surface area contributed by atoms with Gasteiger partial charge in [-0.15, -0.1) is 0 Å². The van der Waals surface area contributed by atoms with E-state index in [0.29, 0.717) is 11.4 Å². The zero-order valence-electron chi connectivity index (χ0n) is 13.5. The van der Waals surface area contributed by atoms with E-state index >= 15 is 0 Å². The SMILES string of the molecule is CC[S@](=O)[C@@H]1CCC[C@@H](NC(=O)Nc2cnn(C(C)C)c2)C1. The molecule has 3 atom stereocenters. The third kappa shape index (κ3) is 4.56. The molecule has 0 unspecified atom stereocenters. The number of carbonyl (C=O) groups excluding carboxylic acids is 1. The van der Waals surface area contributed by atoms with Crippen LogP contribution < -0.4 is 10.6 Å². The molecule has 22 heavy (non-hydrogen) atoms. The van der Waals surface area contributed by atoms with Crippen LogP contribution >= 0.6 is 0 Å². The summed E-state index contributed by atoms with van der Waals surface area (Å²) in [5.41, 5.74) is 0.690. The molecule has 1 aliphatic rings. The van der Waals surface area contributed by atoms with Crippen LogP contribution in [0.1, 0.15) is 52.5 Å². The van der Waals surface area contributed by atoms with Gasteiger partial charge in [0.05, 0.1) is 11.9 Å². The van der Waals surface area contributed by atoms with Gasteiger partial charge in [-0.05, 0) is 33.1 Å². The molecule has 6 nitrogen and oxygen atoms in total. The van der Waals surface area contributed by atoms with Crippen LogP contribution in [0.25, 0.3) is 0 Å². The van der Waals surface area contributed by atoms with Crippen LogP contribution in [0.2, 0.25) is 0 Å². The van der Waals surface area contributed by atoms with Crippen LogP contribution in [0.4, 0.5) is 10.5 Å². The van der Waals surface area contributed by atoms with Crippen LogP contribution in [0.3, 0.4) is 0 Å². The van der Waals surface area contributed by atoms with Crippen molar-refractivity contribution in [1.29, 1.82) is 0 Å². The van der Waals surface area contributed by atoms with Crippen molar-refractivity contribution < 1.29 is 9.00 Å². The van der Waals surface area contributed by atoms with Crippen LogP contribution in [-0.2, 0) is 10.8 Å². The first-order valence-corrected chi connectivity index (χ1v) is 9.36. The van der Waals surface area contributed by atoms with Gasteiger partial charge in [-0.25, -0.2) is 4.79 Å². The monoisotopic (exact) mass is 326 g/mol. The highest BCUT2D eigenvalue weighted by Crippen LogP contribution is 2.23. The number of nitrogens with zero attached hydrogens (tertiary/aromatic N) is 2. The van der Waals surface area contributed by atoms with Crippen molar-refractivity contribution in [1.82, 2.24) is 15.1 Å². The van der Waals surface area contributed by atoms with Gasteiger partial charge in [0.25, 0.3) is 0 Å². The summed E-state index contributed by atoms with van der Waals surface area (Å²) in [7, 11) is -0.774. The van der Waals surface area contributed by atoms with E-state index in [1.54, 1.807) is 10.9 Å². The Hall–Kier alpha value is -1.37. The van der Waals surface area contributed by atoms with Gasteiger partial charge in [0.15, 0.2) is 0 Å². The number of urea groups is 1. The van der Waals surface area contributed by atoms with E-state index in [-0.39, 0.29) is 23.4 Å². The molecule has 1 aliphatic carbocycles. The summed E-state index contributed by atoms with van der Waals surface area (Å²) in [6, 6.07) is 0.160. The van der Waals surface area contributed by atoms with Gasteiger partial charge in [0, 0.05) is 40.1 Å². The molecule has 0 spiro atoms. The van der Waals surface area contributed by atoms with Gasteiger partial charge in [0.1, 0.15) is 0 Å². The quantitative estimate of drug-likeness (QED) is 0.873. The predicted molar refractivity (Wildman–Crippen MR) is 89.5 cm³/mol. The Balaban J connectivity index is 1.84. The molecule has 1 aromatic rings. The van der Waals surface area contributed by atoms with Crippen molar-refractivity contribution in [2.24, 2.45) is 0 Å². The molecule has 2 N–H and O–H groups in total. The summed E-state index contributed by atoms with van der Waals surface area (Å²) in [5.74, 6) is 0.692. The maximum Gasteiger partial charge on any atom is 0.319 e. The third-order valence-corrected chi connectivity index (χ3v) is 5.75. The number of nitrogens with one attached hydrogen (secondary N) is 2. The zero-order chi connectivity index (χ0) is 16.1. The van der Waals surface area contributed by atoms with Crippen LogP contribution in [0, 0.1) is 0 Å². The fourth-order valence-corrected chi connectivity index (χ4v) is 4.14. The second-order valence-electron chi connectivity index (χ2n) is 6.06. The smallest absolute Gasteiger partial charge is 0.319 e. The van der Waals surface area contributed by atoms with Crippen LogP contribution in [0.5, 0.6) is 0 Å². The molecular weight excluding hydrogens is 300 g/mol. The van der Waals surface area contributed by atoms with Crippen molar-refractivity contribution in [3.63, 3.8) is 0 Å². The van der Waals surface area contributed by atoms with Crippen molar-refractivity contribution in [3.8, 4) is 0 Å². The normalized spacial score (nSPS) is 23.3. The van der Waals surface area contributed by atoms with Gasteiger partial charge >= 0.3 is 6.03 Å². The number of hydrogen-bond acceptors (Lipinski definition) is 3. The van der Waals surface area contributed by atoms with E-state index in [4.69, 9.17) is 0 Å². The van der Waals surface area contributed by atoms with Crippen molar-refractivity contribution in [2.75, 3.05) is 11.1 Å². The lowest BCUT2D eigenvalue weighted by atomic mass is 9.95. The Morgan fingerprint density at radius 1 is 1.50 bits per heavy atom. The average molecular weight is 326 g/mol. The molecule has 2 amide bonds. The topological polar surface area (TPSA) is 76.0 Å². The summed E-state index contributed by atoms with van der Waals surface area (Å²) in [4.78, 5) is 12.1. The number of carbonyl (C=O) groups is 1. The van der Waals surface area contributed by atoms with E-state index in [9.17, 15) is 9.00 Å². The second-order valence-corrected chi connectivity index (χ2v) is 8.06. The molecule has 0 aromatic carbocycles. The number of aromatic nitrogens is 2. The van der Waals surface area contributed by atoms with Crippen LogP contribution in [0.15, 0.2) is 12.4 Å². The van der Waals surface area contributed by atoms with E-state index < -0.39 is 10.8 Å². The first-order valence-electron chi connectivity index (χ1n) is 7.98. The van der Waals surface area contributed by atoms with Gasteiger partial charge in [-0.2, -0.15) is 5.10 Å². The minimum atomic E-state index is -0.774. The highest BCUT2D eigenvalue weighted by Gasteiger charge is 2.26. The summed E-state index contributed by atoms with van der Waals surface area (Å²) in [6.45, 7) is 6.02. The molecule has 2 rings (SSSR count). The minimum absolute atomic E-state index is 0.106. The lowest BCUT2D eigenvalue weighted by Gasteiger charge is -2.29. The Bertz CT molecular complexity index is 529. The molecule has 1 aromatic heterocycles. The summed E-state index contributed by atoms with van der Waals surface area (Å²) in [5, 5.41) is 10.2. The van der Waals surface area contributed by atoms with E-state index in [1.807, 2.05) is 27.0 Å². The van der Waals surface area contributed by atoms with Crippen molar-refractivity contribution >= 4 is 22.5 Å². The summed E-state index contributed by atoms with van der Waals surface area (Å²) in [6.07, 6.45) is 7.25. The maximum absolute atomic E-state index is 12.1. The Morgan fingerprint density at radius 2 is 2.27 bits per heavy atom. The number of anilines is 1. The number of rotatable bonds is 5. The average Bonchev–Trinajstić information content (AvgIpc) is 2.95.